The minimum absolute atomic E-state index is 0.294. The van der Waals surface area contributed by atoms with Gasteiger partial charge in [-0.05, 0) is 36.2 Å². The highest BCUT2D eigenvalue weighted by molar-refractivity contribution is 5.63. The van der Waals surface area contributed by atoms with Crippen LogP contribution in [0.3, 0.4) is 0 Å². The lowest BCUT2D eigenvalue weighted by molar-refractivity contribution is 0.191. The summed E-state index contributed by atoms with van der Waals surface area (Å²) in [6, 6.07) is 15.9. The van der Waals surface area contributed by atoms with E-state index in [9.17, 15) is 9.50 Å². The number of hydrogen-bond donors (Lipinski definition) is 2. The van der Waals surface area contributed by atoms with Gasteiger partial charge in [-0.2, -0.15) is 0 Å². The zero-order valence-electron chi connectivity index (χ0n) is 13.3. The maximum atomic E-state index is 13.6. The molecule has 0 spiro atoms. The number of aryl methyl sites for hydroxylation is 1. The Morgan fingerprint density at radius 3 is 2.62 bits per heavy atom. The number of halogens is 1. The molecule has 3 aromatic rings. The van der Waals surface area contributed by atoms with Crippen LogP contribution in [0.5, 0.6) is 0 Å². The molecule has 3 rings (SSSR count). The smallest absolute Gasteiger partial charge is 0.130 e. The Bertz CT molecular complexity index is 804. The van der Waals surface area contributed by atoms with Crippen molar-refractivity contribution < 1.29 is 9.50 Å². The third kappa shape index (κ3) is 3.94. The highest BCUT2D eigenvalue weighted by atomic mass is 19.1. The topological polar surface area (TPSA) is 58.0 Å². The van der Waals surface area contributed by atoms with Gasteiger partial charge in [0, 0.05) is 18.2 Å². The molecule has 1 heterocycles. The first-order valence-corrected chi connectivity index (χ1v) is 7.68. The summed E-state index contributed by atoms with van der Waals surface area (Å²) in [5.74, 6) is 0.287. The summed E-state index contributed by atoms with van der Waals surface area (Å²) in [7, 11) is 0. The third-order valence-corrected chi connectivity index (χ3v) is 3.67. The monoisotopic (exact) mass is 323 g/mol. The minimum Gasteiger partial charge on any atom is -0.387 e. The Balaban J connectivity index is 1.74. The van der Waals surface area contributed by atoms with Gasteiger partial charge in [0.15, 0.2) is 0 Å². The molecule has 5 heteroatoms. The van der Waals surface area contributed by atoms with Crippen LogP contribution in [-0.2, 0) is 0 Å². The lowest BCUT2D eigenvalue weighted by atomic mass is 10.1. The average Bonchev–Trinajstić information content (AvgIpc) is 2.60. The van der Waals surface area contributed by atoms with E-state index in [1.807, 2.05) is 43.3 Å². The molecule has 0 saturated carbocycles. The molecule has 0 amide bonds. The van der Waals surface area contributed by atoms with Crippen LogP contribution >= 0.6 is 0 Å². The van der Waals surface area contributed by atoms with Gasteiger partial charge in [-0.3, -0.25) is 0 Å². The van der Waals surface area contributed by atoms with Gasteiger partial charge in [0.1, 0.15) is 18.0 Å². The normalized spacial score (nSPS) is 12.0. The lowest BCUT2D eigenvalue weighted by Gasteiger charge is -2.13. The largest absolute Gasteiger partial charge is 0.387 e. The van der Waals surface area contributed by atoms with E-state index < -0.39 is 6.10 Å². The van der Waals surface area contributed by atoms with E-state index in [2.05, 4.69) is 15.3 Å². The maximum absolute atomic E-state index is 13.6. The summed E-state index contributed by atoms with van der Waals surface area (Å²) in [4.78, 5) is 8.35. The summed E-state index contributed by atoms with van der Waals surface area (Å²) >= 11 is 0. The standard InChI is InChI=1S/C19H18FN3O/c1-13-7-15(9-16(20)8-13)17-10-19(23-12-22-17)21-11-18(24)14-5-3-2-4-6-14/h2-10,12,18,24H,11H2,1H3,(H,21,22,23). The predicted octanol–water partition coefficient (Wildman–Crippen LogP) is 3.74. The van der Waals surface area contributed by atoms with Crippen LogP contribution in [0.2, 0.25) is 0 Å². The fraction of sp³-hybridized carbons (Fsp3) is 0.158. The molecule has 2 aromatic carbocycles. The van der Waals surface area contributed by atoms with Gasteiger partial charge in [0.05, 0.1) is 11.8 Å². The number of hydrogen-bond acceptors (Lipinski definition) is 4. The predicted molar refractivity (Wildman–Crippen MR) is 92.1 cm³/mol. The fourth-order valence-corrected chi connectivity index (χ4v) is 2.49. The van der Waals surface area contributed by atoms with Crippen molar-refractivity contribution in [1.29, 1.82) is 0 Å². The molecule has 0 radical (unpaired) electrons. The second-order valence-electron chi connectivity index (χ2n) is 5.61. The van der Waals surface area contributed by atoms with E-state index in [-0.39, 0.29) is 5.82 Å². The van der Waals surface area contributed by atoms with E-state index in [0.29, 0.717) is 23.6 Å². The van der Waals surface area contributed by atoms with Crippen molar-refractivity contribution in [2.24, 2.45) is 0 Å². The zero-order valence-corrected chi connectivity index (χ0v) is 13.3. The summed E-state index contributed by atoms with van der Waals surface area (Å²) in [5, 5.41) is 13.3. The number of aliphatic hydroxyl groups is 1. The molecule has 1 atom stereocenters. The number of aromatic nitrogens is 2. The second-order valence-corrected chi connectivity index (χ2v) is 5.61. The molecule has 0 aliphatic rings. The first-order chi connectivity index (χ1) is 11.6. The van der Waals surface area contributed by atoms with Crippen LogP contribution in [0.15, 0.2) is 60.9 Å². The molecule has 24 heavy (non-hydrogen) atoms. The van der Waals surface area contributed by atoms with Crippen LogP contribution in [0.25, 0.3) is 11.3 Å². The lowest BCUT2D eigenvalue weighted by Crippen LogP contribution is -2.13. The van der Waals surface area contributed by atoms with Gasteiger partial charge >= 0.3 is 0 Å². The van der Waals surface area contributed by atoms with Crippen molar-refractivity contribution in [2.45, 2.75) is 13.0 Å². The average molecular weight is 323 g/mol. The number of benzene rings is 2. The van der Waals surface area contributed by atoms with Gasteiger partial charge in [-0.15, -0.1) is 0 Å². The van der Waals surface area contributed by atoms with Crippen molar-refractivity contribution in [3.8, 4) is 11.3 Å². The van der Waals surface area contributed by atoms with Gasteiger partial charge in [-0.25, -0.2) is 14.4 Å². The molecule has 0 aliphatic carbocycles. The van der Waals surface area contributed by atoms with Gasteiger partial charge in [0.25, 0.3) is 0 Å². The van der Waals surface area contributed by atoms with Gasteiger partial charge in [-0.1, -0.05) is 30.3 Å². The van der Waals surface area contributed by atoms with E-state index in [4.69, 9.17) is 0 Å². The molecule has 0 bridgehead atoms. The molecular weight excluding hydrogens is 305 g/mol. The molecule has 0 aliphatic heterocycles. The van der Waals surface area contributed by atoms with Crippen molar-refractivity contribution >= 4 is 5.82 Å². The Morgan fingerprint density at radius 1 is 1.08 bits per heavy atom. The zero-order chi connectivity index (χ0) is 16.9. The molecule has 1 unspecified atom stereocenters. The Morgan fingerprint density at radius 2 is 1.88 bits per heavy atom. The number of anilines is 1. The summed E-state index contributed by atoms with van der Waals surface area (Å²) in [6.07, 6.45) is 0.785. The third-order valence-electron chi connectivity index (χ3n) is 3.67. The van der Waals surface area contributed by atoms with Crippen LogP contribution in [0, 0.1) is 12.7 Å². The van der Waals surface area contributed by atoms with Crippen LogP contribution in [0.4, 0.5) is 10.2 Å². The van der Waals surface area contributed by atoms with E-state index in [1.165, 1.54) is 18.5 Å². The summed E-state index contributed by atoms with van der Waals surface area (Å²) in [5.41, 5.74) is 2.99. The minimum atomic E-state index is -0.638. The second kappa shape index (κ2) is 7.19. The molecule has 122 valence electrons. The van der Waals surface area contributed by atoms with Crippen LogP contribution < -0.4 is 5.32 Å². The van der Waals surface area contributed by atoms with Gasteiger partial charge in [0.2, 0.25) is 0 Å². The fourth-order valence-electron chi connectivity index (χ4n) is 2.49. The highest BCUT2D eigenvalue weighted by Crippen LogP contribution is 2.22. The van der Waals surface area contributed by atoms with Gasteiger partial charge < -0.3 is 10.4 Å². The molecule has 1 aromatic heterocycles. The Labute approximate surface area is 140 Å². The first kappa shape index (κ1) is 16.1. The van der Waals surface area contributed by atoms with E-state index >= 15 is 0 Å². The van der Waals surface area contributed by atoms with Crippen molar-refractivity contribution in [3.05, 3.63) is 77.9 Å². The maximum Gasteiger partial charge on any atom is 0.130 e. The number of rotatable bonds is 5. The van der Waals surface area contributed by atoms with E-state index in [0.717, 1.165) is 11.1 Å². The van der Waals surface area contributed by atoms with Crippen LogP contribution in [0.1, 0.15) is 17.2 Å². The first-order valence-electron chi connectivity index (χ1n) is 7.68. The quantitative estimate of drug-likeness (QED) is 0.751. The summed E-state index contributed by atoms with van der Waals surface area (Å²) in [6.45, 7) is 2.16. The molecule has 4 nitrogen and oxygen atoms in total. The SMILES string of the molecule is Cc1cc(F)cc(-c2cc(NCC(O)c3ccccc3)ncn2)c1. The Hall–Kier alpha value is -2.79. The number of nitrogens with zero attached hydrogens (tertiary/aromatic N) is 2. The van der Waals surface area contributed by atoms with Crippen LogP contribution in [-0.4, -0.2) is 21.6 Å². The molecule has 2 N–H and O–H groups in total. The molecule has 0 fully saturated rings. The molecule has 0 saturated heterocycles. The van der Waals surface area contributed by atoms with E-state index in [1.54, 1.807) is 6.07 Å². The van der Waals surface area contributed by atoms with Crippen molar-refractivity contribution in [2.75, 3.05) is 11.9 Å². The highest BCUT2D eigenvalue weighted by Gasteiger charge is 2.08. The molecular formula is C19H18FN3O. The number of nitrogens with one attached hydrogen (secondary N) is 1. The van der Waals surface area contributed by atoms with Crippen molar-refractivity contribution in [1.82, 2.24) is 9.97 Å². The van der Waals surface area contributed by atoms with Crippen molar-refractivity contribution in [3.63, 3.8) is 0 Å². The summed E-state index contributed by atoms with van der Waals surface area (Å²) < 4.78 is 13.6. The number of aliphatic hydroxyl groups excluding tert-OH is 1. The Kier molecular flexibility index (Phi) is 4.82.